The van der Waals surface area contributed by atoms with E-state index in [0.29, 0.717) is 11.8 Å². The smallest absolute Gasteiger partial charge is 0.309 e. The van der Waals surface area contributed by atoms with Gasteiger partial charge in [0.1, 0.15) is 0 Å². The van der Waals surface area contributed by atoms with Gasteiger partial charge in [0.25, 0.3) is 0 Å². The molecule has 0 aromatic heterocycles. The maximum absolute atomic E-state index is 11.1. The number of ether oxygens (including phenoxy) is 2. The van der Waals surface area contributed by atoms with E-state index in [4.69, 9.17) is 9.47 Å². The molecule has 28 heavy (non-hydrogen) atoms. The van der Waals surface area contributed by atoms with Crippen molar-refractivity contribution in [1.82, 2.24) is 0 Å². The Kier molecular flexibility index (Phi) is 5.21. The average molecular weight is 383 g/mol. The molecule has 0 aromatic carbocycles. The normalized spacial score (nSPS) is 45.7. The molecule has 152 valence electrons. The summed E-state index contributed by atoms with van der Waals surface area (Å²) in [6.45, 7) is 2.03. The molecule has 3 nitrogen and oxygen atoms in total. The first kappa shape index (κ1) is 18.7. The van der Waals surface area contributed by atoms with Gasteiger partial charge in [0.2, 0.25) is 0 Å². The van der Waals surface area contributed by atoms with Crippen LogP contribution in [0.5, 0.6) is 0 Å². The Morgan fingerprint density at radius 1 is 0.714 bits per heavy atom. The van der Waals surface area contributed by atoms with E-state index in [0.717, 1.165) is 55.1 Å². The number of carbonyl (C=O) groups is 1. The van der Waals surface area contributed by atoms with Gasteiger partial charge >= 0.3 is 5.97 Å². The molecule has 9 unspecified atom stereocenters. The largest absolute Gasteiger partial charge is 0.469 e. The molecular weight excluding hydrogens is 348 g/mol. The predicted molar refractivity (Wildman–Crippen MR) is 109 cm³/mol. The number of fused-ring (bicyclic) bond motifs is 6. The lowest BCUT2D eigenvalue weighted by atomic mass is 9.93. The lowest BCUT2D eigenvalue weighted by Crippen LogP contribution is -2.20. The van der Waals surface area contributed by atoms with Crippen LogP contribution in [0.3, 0.4) is 0 Å². The Hall–Kier alpha value is -1.35. The first-order chi connectivity index (χ1) is 13.7. The minimum Gasteiger partial charge on any atom is -0.469 e. The summed E-state index contributed by atoms with van der Waals surface area (Å²) >= 11 is 0. The highest BCUT2D eigenvalue weighted by molar-refractivity contribution is 5.73. The molecule has 0 spiro atoms. The van der Waals surface area contributed by atoms with Gasteiger partial charge in [-0.15, -0.1) is 0 Å². The third kappa shape index (κ3) is 3.63. The Morgan fingerprint density at radius 2 is 1.21 bits per heavy atom. The lowest BCUT2D eigenvalue weighted by Gasteiger charge is -2.22. The van der Waals surface area contributed by atoms with Crippen molar-refractivity contribution in [2.45, 2.75) is 38.5 Å². The fourth-order valence-electron chi connectivity index (χ4n) is 6.75. The summed E-state index contributed by atoms with van der Waals surface area (Å²) in [6.07, 6.45) is 21.9. The minimum atomic E-state index is -0.0261. The quantitative estimate of drug-likeness (QED) is 0.506. The summed E-state index contributed by atoms with van der Waals surface area (Å²) in [7, 11) is 1.47. The van der Waals surface area contributed by atoms with Crippen molar-refractivity contribution in [1.29, 1.82) is 0 Å². The second kappa shape index (κ2) is 7.82. The number of methoxy groups -OCH3 is 1. The summed E-state index contributed by atoms with van der Waals surface area (Å²) in [6, 6.07) is 0. The average Bonchev–Trinajstić information content (AvgIpc) is 3.54. The highest BCUT2D eigenvalue weighted by Crippen LogP contribution is 2.45. The number of rotatable bonds is 5. The van der Waals surface area contributed by atoms with E-state index in [1.54, 1.807) is 0 Å². The fraction of sp³-hybridized carbons (Fsp3) is 0.720. The van der Waals surface area contributed by atoms with Gasteiger partial charge in [0.05, 0.1) is 13.0 Å². The van der Waals surface area contributed by atoms with Crippen molar-refractivity contribution >= 4 is 5.97 Å². The fourth-order valence-corrected chi connectivity index (χ4v) is 6.75. The molecule has 6 rings (SSSR count). The van der Waals surface area contributed by atoms with Crippen LogP contribution in [-0.2, 0) is 14.3 Å². The van der Waals surface area contributed by atoms with E-state index >= 15 is 0 Å². The topological polar surface area (TPSA) is 35.5 Å². The maximum Gasteiger partial charge on any atom is 0.309 e. The van der Waals surface area contributed by atoms with Crippen LogP contribution >= 0.6 is 0 Å². The number of carbonyl (C=O) groups excluding carboxylic acids is 1. The number of esters is 1. The van der Waals surface area contributed by atoms with E-state index in [-0.39, 0.29) is 11.9 Å². The van der Waals surface area contributed by atoms with Crippen LogP contribution in [-0.4, -0.2) is 26.3 Å². The van der Waals surface area contributed by atoms with Crippen LogP contribution in [0.4, 0.5) is 0 Å². The molecule has 0 aliphatic heterocycles. The van der Waals surface area contributed by atoms with Crippen molar-refractivity contribution in [2.75, 3.05) is 20.3 Å². The second-order valence-electron chi connectivity index (χ2n) is 10.0. The zero-order chi connectivity index (χ0) is 19.1. The zero-order valence-electron chi connectivity index (χ0n) is 17.0. The molecule has 6 aliphatic carbocycles. The second-order valence-corrected chi connectivity index (χ2v) is 10.0. The molecule has 0 heterocycles. The van der Waals surface area contributed by atoms with Crippen LogP contribution in [0, 0.1) is 53.3 Å². The molecule has 0 amide bonds. The highest BCUT2D eigenvalue weighted by atomic mass is 16.5. The Bertz CT molecular complexity index is 643. The SMILES string of the molecule is C1=CC2CC1CC2COCC1CC2C=CC1C2.COC(=O)C1CC2C=CC1C2. The number of allylic oxidation sites excluding steroid dienone is 6. The van der Waals surface area contributed by atoms with E-state index < -0.39 is 0 Å². The van der Waals surface area contributed by atoms with Crippen molar-refractivity contribution in [3.8, 4) is 0 Å². The van der Waals surface area contributed by atoms with Gasteiger partial charge in [-0.2, -0.15) is 0 Å². The summed E-state index contributed by atoms with van der Waals surface area (Å²) < 4.78 is 10.8. The Labute approximate surface area is 169 Å². The minimum absolute atomic E-state index is 0.0261. The Balaban J connectivity index is 0.000000135. The molecule has 9 atom stereocenters. The monoisotopic (exact) mass is 382 g/mol. The molecule has 0 radical (unpaired) electrons. The molecule has 0 aromatic rings. The summed E-state index contributed by atoms with van der Waals surface area (Å²) in [4.78, 5) is 11.1. The van der Waals surface area contributed by atoms with Gasteiger partial charge < -0.3 is 9.47 Å². The third-order valence-corrected chi connectivity index (χ3v) is 8.28. The first-order valence-corrected chi connectivity index (χ1v) is 11.4. The van der Waals surface area contributed by atoms with Crippen molar-refractivity contribution < 1.29 is 14.3 Å². The van der Waals surface area contributed by atoms with Crippen molar-refractivity contribution in [2.24, 2.45) is 53.3 Å². The van der Waals surface area contributed by atoms with Gasteiger partial charge in [-0.1, -0.05) is 36.5 Å². The van der Waals surface area contributed by atoms with E-state index in [9.17, 15) is 4.79 Å². The summed E-state index contributed by atoms with van der Waals surface area (Å²) in [5, 5.41) is 0. The van der Waals surface area contributed by atoms with E-state index in [1.807, 2.05) is 0 Å². The number of hydrogen-bond donors (Lipinski definition) is 0. The standard InChI is InChI=1S/C16H22O.C9H12O2/c1-3-13-5-11(1)7-15(13)9-17-10-16-8-12-2-4-14(16)6-12;1-11-9(10)8-5-6-2-3-7(8)4-6/h1-4,11-16H,5-10H2;2-3,6-8H,4-5H2,1H3. The molecule has 3 fully saturated rings. The van der Waals surface area contributed by atoms with Crippen LogP contribution in [0.1, 0.15) is 38.5 Å². The van der Waals surface area contributed by atoms with Crippen LogP contribution in [0.15, 0.2) is 36.5 Å². The molecular formula is C25H34O3. The number of hydrogen-bond acceptors (Lipinski definition) is 3. The zero-order valence-corrected chi connectivity index (χ0v) is 17.0. The molecule has 0 saturated heterocycles. The van der Waals surface area contributed by atoms with Crippen LogP contribution in [0.2, 0.25) is 0 Å². The molecule has 3 heteroatoms. The highest BCUT2D eigenvalue weighted by Gasteiger charge is 2.40. The van der Waals surface area contributed by atoms with Gasteiger partial charge in [0.15, 0.2) is 0 Å². The van der Waals surface area contributed by atoms with Crippen LogP contribution in [0.25, 0.3) is 0 Å². The summed E-state index contributed by atoms with van der Waals surface area (Å²) in [5.74, 6) is 6.41. The Morgan fingerprint density at radius 3 is 1.57 bits per heavy atom. The lowest BCUT2D eigenvalue weighted by molar-refractivity contribution is -0.146. The van der Waals surface area contributed by atoms with Gasteiger partial charge in [-0.05, 0) is 85.9 Å². The first-order valence-electron chi connectivity index (χ1n) is 11.4. The van der Waals surface area contributed by atoms with Crippen molar-refractivity contribution in [3.63, 3.8) is 0 Å². The van der Waals surface area contributed by atoms with Gasteiger partial charge in [-0.3, -0.25) is 4.79 Å². The molecule has 6 aliphatic rings. The predicted octanol–water partition coefficient (Wildman–Crippen LogP) is 4.80. The van der Waals surface area contributed by atoms with Gasteiger partial charge in [-0.25, -0.2) is 0 Å². The maximum atomic E-state index is 11.1. The molecule has 0 N–H and O–H groups in total. The molecule has 3 saturated carbocycles. The van der Waals surface area contributed by atoms with Gasteiger partial charge in [0, 0.05) is 13.2 Å². The molecule has 6 bridgehead atoms. The van der Waals surface area contributed by atoms with Crippen molar-refractivity contribution in [3.05, 3.63) is 36.5 Å². The van der Waals surface area contributed by atoms with Crippen LogP contribution < -0.4 is 0 Å². The third-order valence-electron chi connectivity index (χ3n) is 8.28. The van der Waals surface area contributed by atoms with E-state index in [1.165, 1.54) is 39.2 Å². The summed E-state index contributed by atoms with van der Waals surface area (Å²) in [5.41, 5.74) is 0. The van der Waals surface area contributed by atoms with E-state index in [2.05, 4.69) is 36.5 Å².